The van der Waals surface area contributed by atoms with E-state index in [1.165, 1.54) is 36.8 Å². The van der Waals surface area contributed by atoms with Crippen LogP contribution < -0.4 is 15.6 Å². The number of carbonyl (C=O) groups excluding carboxylic acids is 4. The molecule has 2 aromatic carbocycles. The Kier molecular flexibility index (Phi) is 8.34. The van der Waals surface area contributed by atoms with Gasteiger partial charge >= 0.3 is 5.97 Å². The van der Waals surface area contributed by atoms with Crippen molar-refractivity contribution in [3.8, 4) is 5.75 Å². The predicted molar refractivity (Wildman–Crippen MR) is 155 cm³/mol. The first-order chi connectivity index (χ1) is 20.2. The quantitative estimate of drug-likeness (QED) is 0.245. The first-order valence-electron chi connectivity index (χ1n) is 13.3. The zero-order valence-electron chi connectivity index (χ0n) is 23.0. The molecule has 2 amide bonds. The Balaban J connectivity index is 1.45. The predicted octanol–water partition coefficient (Wildman–Crippen LogP) is 3.53. The fraction of sp³-hybridized carbons (Fsp3) is 0.300. The molecule has 10 nitrogen and oxygen atoms in total. The van der Waals surface area contributed by atoms with E-state index in [2.05, 4.69) is 5.32 Å². The molecule has 12 heteroatoms. The molecule has 1 aliphatic rings. The van der Waals surface area contributed by atoms with Crippen LogP contribution in [0.5, 0.6) is 5.75 Å². The topological polar surface area (TPSA) is 124 Å². The minimum atomic E-state index is -0.534. The number of rotatable bonds is 8. The van der Waals surface area contributed by atoms with Crippen LogP contribution in [0.2, 0.25) is 0 Å². The van der Waals surface area contributed by atoms with E-state index >= 15 is 0 Å². The number of piperidine rings is 1. The van der Waals surface area contributed by atoms with Crippen LogP contribution >= 0.6 is 11.3 Å². The van der Waals surface area contributed by atoms with Crippen molar-refractivity contribution in [2.24, 2.45) is 0 Å². The number of carbonyl (C=O) groups is 4. The molecule has 0 atom stereocenters. The van der Waals surface area contributed by atoms with E-state index in [0.29, 0.717) is 47.1 Å². The molecule has 0 unspecified atom stereocenters. The fourth-order valence-electron chi connectivity index (χ4n) is 5.11. The molecule has 218 valence electrons. The standard InChI is InChI=1S/C30H28FN3O7S/c1-17(35)41-16-24(37)33-12-10-20(11-13-33)32-29(38)28-26(40-2)25-27(42-28)21-14-19(31)8-9-22(21)34(30(25)39)15-23(36)18-6-4-3-5-7-18/h3-9,14,20H,10-13,15-16H2,1-2H3,(H,32,38). The largest absolute Gasteiger partial charge is 0.494 e. The Morgan fingerprint density at radius 1 is 1.07 bits per heavy atom. The van der Waals surface area contributed by atoms with Gasteiger partial charge in [0.1, 0.15) is 16.1 Å². The fourth-order valence-corrected chi connectivity index (χ4v) is 6.30. The molecule has 1 aliphatic heterocycles. The number of thiophene rings is 1. The van der Waals surface area contributed by atoms with Crippen molar-refractivity contribution >= 4 is 55.9 Å². The zero-order chi connectivity index (χ0) is 30.0. The minimum absolute atomic E-state index is 0.0542. The van der Waals surface area contributed by atoms with Crippen LogP contribution in [0.3, 0.4) is 0 Å². The van der Waals surface area contributed by atoms with Gasteiger partial charge in [0.15, 0.2) is 18.1 Å². The average Bonchev–Trinajstić information content (AvgIpc) is 3.39. The first-order valence-corrected chi connectivity index (χ1v) is 14.1. The van der Waals surface area contributed by atoms with Gasteiger partial charge in [-0.2, -0.15) is 0 Å². The molecule has 1 N–H and O–H groups in total. The second-order valence-electron chi connectivity index (χ2n) is 9.92. The molecule has 4 aromatic rings. The normalized spacial score (nSPS) is 13.7. The van der Waals surface area contributed by atoms with E-state index in [0.717, 1.165) is 11.3 Å². The molecular formula is C30H28FN3O7S. The van der Waals surface area contributed by atoms with Gasteiger partial charge in [-0.25, -0.2) is 4.39 Å². The van der Waals surface area contributed by atoms with Crippen LogP contribution in [0.25, 0.3) is 21.0 Å². The van der Waals surface area contributed by atoms with E-state index in [9.17, 15) is 28.4 Å². The highest BCUT2D eigenvalue weighted by Crippen LogP contribution is 2.40. The van der Waals surface area contributed by atoms with E-state index in [-0.39, 0.29) is 46.9 Å². The van der Waals surface area contributed by atoms with Crippen molar-refractivity contribution in [3.05, 3.63) is 75.1 Å². The SMILES string of the molecule is COc1c(C(=O)NC2CCN(C(=O)COC(C)=O)CC2)sc2c1c(=O)n(CC(=O)c1ccccc1)c1ccc(F)cc21. The van der Waals surface area contributed by atoms with Crippen LogP contribution in [-0.4, -0.2) is 65.9 Å². The molecule has 0 saturated carbocycles. The maximum Gasteiger partial charge on any atom is 0.303 e. The number of Topliss-reactive ketones (excluding diaryl/α,β-unsaturated/α-hetero) is 1. The maximum atomic E-state index is 14.4. The second kappa shape index (κ2) is 12.1. The number of hydrogen-bond acceptors (Lipinski definition) is 8. The van der Waals surface area contributed by atoms with Gasteiger partial charge in [0, 0.05) is 37.0 Å². The summed E-state index contributed by atoms with van der Waals surface area (Å²) in [5.74, 6) is -2.08. The third kappa shape index (κ3) is 5.75. The van der Waals surface area contributed by atoms with E-state index in [1.54, 1.807) is 35.2 Å². The summed E-state index contributed by atoms with van der Waals surface area (Å²) >= 11 is 1.02. The minimum Gasteiger partial charge on any atom is -0.494 e. The van der Waals surface area contributed by atoms with Crippen molar-refractivity contribution in [1.82, 2.24) is 14.8 Å². The number of ether oxygens (including phenoxy) is 2. The summed E-state index contributed by atoms with van der Waals surface area (Å²) in [7, 11) is 1.35. The lowest BCUT2D eigenvalue weighted by molar-refractivity contribution is -0.150. The molecule has 0 bridgehead atoms. The van der Waals surface area contributed by atoms with E-state index < -0.39 is 23.3 Å². The molecule has 1 fully saturated rings. The van der Waals surface area contributed by atoms with Gasteiger partial charge < -0.3 is 19.7 Å². The van der Waals surface area contributed by atoms with Crippen LogP contribution in [0, 0.1) is 5.82 Å². The molecule has 0 aliphatic carbocycles. The van der Waals surface area contributed by atoms with Crippen LogP contribution in [0.4, 0.5) is 4.39 Å². The van der Waals surface area contributed by atoms with Gasteiger partial charge in [0.25, 0.3) is 17.4 Å². The molecule has 1 saturated heterocycles. The van der Waals surface area contributed by atoms with E-state index in [1.807, 2.05) is 0 Å². The van der Waals surface area contributed by atoms with Gasteiger partial charge in [-0.15, -0.1) is 11.3 Å². The number of hydrogen-bond donors (Lipinski definition) is 1. The molecule has 0 spiro atoms. The van der Waals surface area contributed by atoms with Crippen LogP contribution in [-0.2, 0) is 20.9 Å². The van der Waals surface area contributed by atoms with Gasteiger partial charge in [-0.05, 0) is 31.0 Å². The van der Waals surface area contributed by atoms with Gasteiger partial charge in [0.2, 0.25) is 0 Å². The Morgan fingerprint density at radius 3 is 2.45 bits per heavy atom. The third-order valence-corrected chi connectivity index (χ3v) is 8.41. The van der Waals surface area contributed by atoms with Crippen molar-refractivity contribution in [1.29, 1.82) is 0 Å². The van der Waals surface area contributed by atoms with Gasteiger partial charge in [0.05, 0.1) is 23.9 Å². The lowest BCUT2D eigenvalue weighted by atomic mass is 10.0. The summed E-state index contributed by atoms with van der Waals surface area (Å²) in [5, 5.41) is 3.44. The number of likely N-dealkylation sites (tertiary alicyclic amines) is 1. The first kappa shape index (κ1) is 28.9. The monoisotopic (exact) mass is 593 g/mol. The van der Waals surface area contributed by atoms with Crippen molar-refractivity contribution in [3.63, 3.8) is 0 Å². The Hall–Kier alpha value is -4.58. The third-order valence-electron chi connectivity index (χ3n) is 7.21. The number of esters is 1. The highest BCUT2D eigenvalue weighted by atomic mass is 32.1. The van der Waals surface area contributed by atoms with Gasteiger partial charge in [-0.3, -0.25) is 28.5 Å². The molecule has 0 radical (unpaired) electrons. The summed E-state index contributed by atoms with van der Waals surface area (Å²) in [6, 6.07) is 12.2. The summed E-state index contributed by atoms with van der Waals surface area (Å²) < 4.78 is 26.5. The maximum absolute atomic E-state index is 14.4. The molecule has 42 heavy (non-hydrogen) atoms. The summed E-state index contributed by atoms with van der Waals surface area (Å²) in [6.07, 6.45) is 0.959. The number of nitrogens with zero attached hydrogens (tertiary/aromatic N) is 2. The molecular weight excluding hydrogens is 565 g/mol. The van der Waals surface area contributed by atoms with Crippen LogP contribution in [0.15, 0.2) is 53.3 Å². The molecule has 3 heterocycles. The molecule has 2 aromatic heterocycles. The number of aromatic nitrogens is 1. The number of benzene rings is 2. The zero-order valence-corrected chi connectivity index (χ0v) is 23.8. The van der Waals surface area contributed by atoms with Crippen molar-refractivity contribution in [2.45, 2.75) is 32.4 Å². The van der Waals surface area contributed by atoms with Gasteiger partial charge in [-0.1, -0.05) is 30.3 Å². The average molecular weight is 594 g/mol. The molecule has 5 rings (SSSR count). The summed E-state index contributed by atoms with van der Waals surface area (Å²) in [6.45, 7) is 1.37. The Labute approximate surface area is 243 Å². The van der Waals surface area contributed by atoms with Crippen molar-refractivity contribution < 1.29 is 33.0 Å². The number of pyridine rings is 1. The number of amides is 2. The highest BCUT2D eigenvalue weighted by molar-refractivity contribution is 7.22. The lowest BCUT2D eigenvalue weighted by Crippen LogP contribution is -2.47. The highest BCUT2D eigenvalue weighted by Gasteiger charge is 2.29. The van der Waals surface area contributed by atoms with E-state index in [4.69, 9.17) is 9.47 Å². The number of ketones is 1. The summed E-state index contributed by atoms with van der Waals surface area (Å²) in [5.41, 5.74) is 0.260. The number of methoxy groups -OCH3 is 1. The Bertz CT molecular complexity index is 1760. The number of fused-ring (bicyclic) bond motifs is 3. The lowest BCUT2D eigenvalue weighted by Gasteiger charge is -2.32. The number of nitrogens with one attached hydrogen (secondary N) is 1. The Morgan fingerprint density at radius 2 is 1.79 bits per heavy atom. The smallest absolute Gasteiger partial charge is 0.303 e. The number of halogens is 1. The summed E-state index contributed by atoms with van der Waals surface area (Å²) in [4.78, 5) is 65.3. The second-order valence-corrected chi connectivity index (χ2v) is 10.9. The van der Waals surface area contributed by atoms with Crippen molar-refractivity contribution in [2.75, 3.05) is 26.8 Å². The van der Waals surface area contributed by atoms with Crippen LogP contribution in [0.1, 0.15) is 39.8 Å².